The summed E-state index contributed by atoms with van der Waals surface area (Å²) in [7, 11) is 0. The Morgan fingerprint density at radius 3 is 2.90 bits per heavy atom. The van der Waals surface area contributed by atoms with Crippen LogP contribution in [0.25, 0.3) is 0 Å². The monoisotopic (exact) mass is 140 g/mol. The van der Waals surface area contributed by atoms with Crippen LogP contribution in [0.5, 0.6) is 0 Å². The van der Waals surface area contributed by atoms with E-state index in [2.05, 4.69) is 12.2 Å². The van der Waals surface area contributed by atoms with Crippen molar-refractivity contribution in [3.63, 3.8) is 0 Å². The van der Waals surface area contributed by atoms with Crippen molar-refractivity contribution in [2.24, 2.45) is 5.92 Å². The standard InChI is InChI=1S/C9H16O/c1-2-9(10)8-6-4-3-5-7-8/h3-4,8-10H,2,5-7H2,1H3. The molecule has 1 aliphatic rings. The molecule has 0 saturated heterocycles. The van der Waals surface area contributed by atoms with Gasteiger partial charge in [0.15, 0.2) is 0 Å². The maximum absolute atomic E-state index is 9.45. The molecule has 0 aromatic carbocycles. The molecule has 10 heavy (non-hydrogen) atoms. The Hall–Kier alpha value is -0.300. The first kappa shape index (κ1) is 7.80. The molecule has 0 aromatic heterocycles. The van der Waals surface area contributed by atoms with Crippen molar-refractivity contribution in [3.05, 3.63) is 12.2 Å². The van der Waals surface area contributed by atoms with Gasteiger partial charge in [-0.2, -0.15) is 0 Å². The minimum atomic E-state index is -0.0649. The summed E-state index contributed by atoms with van der Waals surface area (Å²) in [5.74, 6) is 0.537. The normalized spacial score (nSPS) is 28.4. The van der Waals surface area contributed by atoms with Crippen LogP contribution in [0.2, 0.25) is 0 Å². The van der Waals surface area contributed by atoms with Crippen molar-refractivity contribution >= 4 is 0 Å². The molecule has 0 amide bonds. The van der Waals surface area contributed by atoms with Crippen molar-refractivity contribution in [3.8, 4) is 0 Å². The van der Waals surface area contributed by atoms with Crippen LogP contribution in [0, 0.1) is 5.92 Å². The molecule has 0 spiro atoms. The van der Waals surface area contributed by atoms with Crippen molar-refractivity contribution in [1.82, 2.24) is 0 Å². The molecule has 1 rings (SSSR count). The minimum Gasteiger partial charge on any atom is -0.393 e. The van der Waals surface area contributed by atoms with E-state index in [0.29, 0.717) is 5.92 Å². The van der Waals surface area contributed by atoms with Gasteiger partial charge >= 0.3 is 0 Å². The van der Waals surface area contributed by atoms with E-state index in [-0.39, 0.29) is 6.10 Å². The van der Waals surface area contributed by atoms with Gasteiger partial charge in [0.05, 0.1) is 6.10 Å². The van der Waals surface area contributed by atoms with Gasteiger partial charge in [-0.1, -0.05) is 19.1 Å². The first-order chi connectivity index (χ1) is 4.84. The van der Waals surface area contributed by atoms with Crippen LogP contribution in [0.3, 0.4) is 0 Å². The molecule has 1 N–H and O–H groups in total. The fourth-order valence-corrected chi connectivity index (χ4v) is 1.50. The van der Waals surface area contributed by atoms with E-state index in [4.69, 9.17) is 0 Å². The number of rotatable bonds is 2. The van der Waals surface area contributed by atoms with Gasteiger partial charge in [0, 0.05) is 0 Å². The van der Waals surface area contributed by atoms with Gasteiger partial charge in [-0.15, -0.1) is 0 Å². The second kappa shape index (κ2) is 3.77. The topological polar surface area (TPSA) is 20.2 Å². The number of allylic oxidation sites excluding steroid dienone is 2. The zero-order valence-corrected chi connectivity index (χ0v) is 6.59. The van der Waals surface area contributed by atoms with E-state index < -0.39 is 0 Å². The second-order valence-corrected chi connectivity index (χ2v) is 3.02. The molecule has 58 valence electrons. The Morgan fingerprint density at radius 2 is 2.40 bits per heavy atom. The second-order valence-electron chi connectivity index (χ2n) is 3.02. The number of aliphatic hydroxyl groups is 1. The maximum atomic E-state index is 9.45. The summed E-state index contributed by atoms with van der Waals surface area (Å²) in [4.78, 5) is 0. The van der Waals surface area contributed by atoms with Gasteiger partial charge < -0.3 is 5.11 Å². The lowest BCUT2D eigenvalue weighted by atomic mass is 9.88. The van der Waals surface area contributed by atoms with Gasteiger partial charge in [0.1, 0.15) is 0 Å². The highest BCUT2D eigenvalue weighted by Crippen LogP contribution is 2.22. The lowest BCUT2D eigenvalue weighted by Crippen LogP contribution is -2.20. The quantitative estimate of drug-likeness (QED) is 0.582. The molecule has 0 heterocycles. The summed E-state index contributed by atoms with van der Waals surface area (Å²) in [5, 5.41) is 9.45. The Morgan fingerprint density at radius 1 is 1.60 bits per heavy atom. The first-order valence-electron chi connectivity index (χ1n) is 4.17. The minimum absolute atomic E-state index is 0.0649. The summed E-state index contributed by atoms with van der Waals surface area (Å²) in [5.41, 5.74) is 0. The van der Waals surface area contributed by atoms with Crippen LogP contribution in [0.4, 0.5) is 0 Å². The van der Waals surface area contributed by atoms with Gasteiger partial charge in [0.25, 0.3) is 0 Å². The van der Waals surface area contributed by atoms with Crippen molar-refractivity contribution in [1.29, 1.82) is 0 Å². The third-order valence-electron chi connectivity index (χ3n) is 2.27. The molecule has 0 aromatic rings. The maximum Gasteiger partial charge on any atom is 0.0568 e. The molecule has 2 unspecified atom stereocenters. The zero-order valence-electron chi connectivity index (χ0n) is 6.59. The number of hydrogen-bond acceptors (Lipinski definition) is 1. The average molecular weight is 140 g/mol. The summed E-state index contributed by atoms with van der Waals surface area (Å²) in [6.45, 7) is 2.04. The summed E-state index contributed by atoms with van der Waals surface area (Å²) >= 11 is 0. The smallest absolute Gasteiger partial charge is 0.0568 e. The van der Waals surface area contributed by atoms with E-state index >= 15 is 0 Å². The van der Waals surface area contributed by atoms with E-state index in [0.717, 1.165) is 19.3 Å². The predicted molar refractivity (Wildman–Crippen MR) is 42.8 cm³/mol. The highest BCUT2D eigenvalue weighted by molar-refractivity contribution is 4.91. The fourth-order valence-electron chi connectivity index (χ4n) is 1.50. The van der Waals surface area contributed by atoms with E-state index in [9.17, 15) is 5.11 Å². The SMILES string of the molecule is CCC(O)C1CC=CCC1. The molecular weight excluding hydrogens is 124 g/mol. The zero-order chi connectivity index (χ0) is 7.40. The van der Waals surface area contributed by atoms with Gasteiger partial charge in [-0.05, 0) is 31.6 Å². The lowest BCUT2D eigenvalue weighted by molar-refractivity contribution is 0.0983. The predicted octanol–water partition coefficient (Wildman–Crippen LogP) is 2.11. The molecule has 0 radical (unpaired) electrons. The van der Waals surface area contributed by atoms with Crippen LogP contribution in [-0.2, 0) is 0 Å². The average Bonchev–Trinajstić information content (AvgIpc) is 2.05. The van der Waals surface area contributed by atoms with Crippen LogP contribution < -0.4 is 0 Å². The summed E-state index contributed by atoms with van der Waals surface area (Å²) in [6.07, 6.45) is 8.64. The van der Waals surface area contributed by atoms with Crippen LogP contribution in [0.15, 0.2) is 12.2 Å². The highest BCUT2D eigenvalue weighted by Gasteiger charge is 2.16. The van der Waals surface area contributed by atoms with Gasteiger partial charge in [-0.25, -0.2) is 0 Å². The molecule has 1 heteroatoms. The molecule has 0 saturated carbocycles. The fraction of sp³-hybridized carbons (Fsp3) is 0.778. The van der Waals surface area contributed by atoms with Crippen molar-refractivity contribution < 1.29 is 5.11 Å². The first-order valence-corrected chi connectivity index (χ1v) is 4.17. The Balaban J connectivity index is 2.33. The Bertz CT molecular complexity index is 118. The molecule has 1 nitrogen and oxygen atoms in total. The van der Waals surface area contributed by atoms with E-state index in [1.54, 1.807) is 0 Å². The van der Waals surface area contributed by atoms with Crippen molar-refractivity contribution in [2.75, 3.05) is 0 Å². The number of hydrogen-bond donors (Lipinski definition) is 1. The molecule has 2 atom stereocenters. The summed E-state index contributed by atoms with van der Waals surface area (Å²) in [6, 6.07) is 0. The Kier molecular flexibility index (Phi) is 2.94. The number of aliphatic hydroxyl groups excluding tert-OH is 1. The van der Waals surface area contributed by atoms with Crippen molar-refractivity contribution in [2.45, 2.75) is 38.7 Å². The van der Waals surface area contributed by atoms with Gasteiger partial charge in [-0.3, -0.25) is 0 Å². The third-order valence-corrected chi connectivity index (χ3v) is 2.27. The van der Waals surface area contributed by atoms with Crippen LogP contribution in [-0.4, -0.2) is 11.2 Å². The van der Waals surface area contributed by atoms with Gasteiger partial charge in [0.2, 0.25) is 0 Å². The van der Waals surface area contributed by atoms with E-state index in [1.807, 2.05) is 6.92 Å². The Labute approximate surface area is 62.8 Å². The van der Waals surface area contributed by atoms with E-state index in [1.165, 1.54) is 6.42 Å². The molecule has 1 aliphatic carbocycles. The van der Waals surface area contributed by atoms with Crippen LogP contribution in [0.1, 0.15) is 32.6 Å². The summed E-state index contributed by atoms with van der Waals surface area (Å²) < 4.78 is 0. The molecular formula is C9H16O. The largest absolute Gasteiger partial charge is 0.393 e. The molecule has 0 bridgehead atoms. The third kappa shape index (κ3) is 1.84. The highest BCUT2D eigenvalue weighted by atomic mass is 16.3. The lowest BCUT2D eigenvalue weighted by Gasteiger charge is -2.22. The molecule has 0 fully saturated rings. The van der Waals surface area contributed by atoms with Crippen LogP contribution >= 0.6 is 0 Å². The molecule has 0 aliphatic heterocycles.